The van der Waals surface area contributed by atoms with E-state index in [1.807, 2.05) is 18.4 Å². The van der Waals surface area contributed by atoms with Crippen molar-refractivity contribution >= 4 is 44.8 Å². The fraction of sp³-hybridized carbons (Fsp3) is 0.375. The summed E-state index contributed by atoms with van der Waals surface area (Å²) in [4.78, 5) is 12.2. The predicted octanol–water partition coefficient (Wildman–Crippen LogP) is 2.87. The van der Waals surface area contributed by atoms with E-state index in [9.17, 15) is 4.79 Å². The fourth-order valence-electron chi connectivity index (χ4n) is 0.784. The maximum absolute atomic E-state index is 11.5. The molecule has 0 saturated carbocycles. The van der Waals surface area contributed by atoms with Gasteiger partial charge in [0.25, 0.3) is 5.91 Å². The number of thiophene rings is 1. The van der Waals surface area contributed by atoms with E-state index in [-0.39, 0.29) is 11.9 Å². The van der Waals surface area contributed by atoms with Gasteiger partial charge in [-0.1, -0.05) is 0 Å². The van der Waals surface area contributed by atoms with Crippen molar-refractivity contribution in [2.24, 2.45) is 0 Å². The molecule has 1 amide bonds. The van der Waals surface area contributed by atoms with Crippen LogP contribution in [0.25, 0.3) is 0 Å². The molecule has 0 aliphatic heterocycles. The highest BCUT2D eigenvalue weighted by atomic mass is 79.9. The van der Waals surface area contributed by atoms with Gasteiger partial charge in [0.1, 0.15) is 4.88 Å². The van der Waals surface area contributed by atoms with Crippen molar-refractivity contribution in [1.29, 1.82) is 0 Å². The standard InChI is InChI=1S/C8H9BrClNOS/c1-5(4-10)11-8(12)7-6(9)2-3-13-7/h2-3,5H,4H2,1H3,(H,11,12). The molecule has 1 unspecified atom stereocenters. The molecule has 5 heteroatoms. The molecule has 1 N–H and O–H groups in total. The van der Waals surface area contributed by atoms with E-state index >= 15 is 0 Å². The summed E-state index contributed by atoms with van der Waals surface area (Å²) in [5.74, 6) is 0.351. The molecule has 1 atom stereocenters. The molecule has 0 bridgehead atoms. The van der Waals surface area contributed by atoms with Crippen LogP contribution in [0.4, 0.5) is 0 Å². The Kier molecular flexibility index (Phi) is 4.22. The first-order valence-corrected chi connectivity index (χ1v) is 5.95. The van der Waals surface area contributed by atoms with E-state index in [1.54, 1.807) is 0 Å². The maximum atomic E-state index is 11.5. The molecule has 0 aliphatic carbocycles. The van der Waals surface area contributed by atoms with Gasteiger partial charge >= 0.3 is 0 Å². The van der Waals surface area contributed by atoms with Crippen molar-refractivity contribution in [3.8, 4) is 0 Å². The zero-order chi connectivity index (χ0) is 9.84. The SMILES string of the molecule is CC(CCl)NC(=O)c1sccc1Br. The molecule has 1 heterocycles. The lowest BCUT2D eigenvalue weighted by atomic mass is 10.3. The lowest BCUT2D eigenvalue weighted by molar-refractivity contribution is 0.0947. The molecular formula is C8H9BrClNOS. The molecular weight excluding hydrogens is 274 g/mol. The van der Waals surface area contributed by atoms with Gasteiger partial charge in [0.05, 0.1) is 0 Å². The first-order valence-electron chi connectivity index (χ1n) is 3.75. The summed E-state index contributed by atoms with van der Waals surface area (Å²) >= 11 is 10.3. The zero-order valence-electron chi connectivity index (χ0n) is 7.01. The average molecular weight is 283 g/mol. The molecule has 0 radical (unpaired) electrons. The molecule has 1 rings (SSSR count). The summed E-state index contributed by atoms with van der Waals surface area (Å²) in [6, 6.07) is 1.86. The van der Waals surface area contributed by atoms with E-state index < -0.39 is 0 Å². The highest BCUT2D eigenvalue weighted by molar-refractivity contribution is 9.10. The second-order valence-electron chi connectivity index (χ2n) is 2.63. The molecule has 1 aromatic heterocycles. The van der Waals surface area contributed by atoms with Gasteiger partial charge in [-0.2, -0.15) is 0 Å². The largest absolute Gasteiger partial charge is 0.348 e. The van der Waals surface area contributed by atoms with Gasteiger partial charge in [-0.15, -0.1) is 22.9 Å². The van der Waals surface area contributed by atoms with Crippen LogP contribution in [0.1, 0.15) is 16.6 Å². The Labute approximate surface area is 94.4 Å². The van der Waals surface area contributed by atoms with Gasteiger partial charge in [0.2, 0.25) is 0 Å². The molecule has 13 heavy (non-hydrogen) atoms. The quantitative estimate of drug-likeness (QED) is 0.849. The number of nitrogens with one attached hydrogen (secondary N) is 1. The van der Waals surface area contributed by atoms with E-state index in [2.05, 4.69) is 21.2 Å². The normalized spacial score (nSPS) is 12.5. The van der Waals surface area contributed by atoms with Gasteiger partial charge in [-0.05, 0) is 34.3 Å². The third-order valence-corrected chi connectivity index (χ3v) is 3.73. The molecule has 72 valence electrons. The highest BCUT2D eigenvalue weighted by Crippen LogP contribution is 2.22. The maximum Gasteiger partial charge on any atom is 0.262 e. The molecule has 1 aromatic rings. The lowest BCUT2D eigenvalue weighted by Crippen LogP contribution is -2.33. The number of carbonyl (C=O) groups excluding carboxylic acids is 1. The van der Waals surface area contributed by atoms with Crippen LogP contribution in [-0.2, 0) is 0 Å². The summed E-state index contributed by atoms with van der Waals surface area (Å²) < 4.78 is 0.830. The first kappa shape index (κ1) is 11.0. The van der Waals surface area contributed by atoms with Gasteiger partial charge < -0.3 is 5.32 Å². The van der Waals surface area contributed by atoms with Crippen LogP contribution in [0.15, 0.2) is 15.9 Å². The number of halogens is 2. The van der Waals surface area contributed by atoms with Gasteiger partial charge in [-0.25, -0.2) is 0 Å². The number of hydrogen-bond donors (Lipinski definition) is 1. The van der Waals surface area contributed by atoms with Crippen LogP contribution in [-0.4, -0.2) is 17.8 Å². The third-order valence-electron chi connectivity index (χ3n) is 1.43. The zero-order valence-corrected chi connectivity index (χ0v) is 10.2. The van der Waals surface area contributed by atoms with E-state index in [0.29, 0.717) is 10.8 Å². The topological polar surface area (TPSA) is 29.1 Å². The van der Waals surface area contributed by atoms with Crippen LogP contribution in [0.2, 0.25) is 0 Å². The number of hydrogen-bond acceptors (Lipinski definition) is 2. The summed E-state index contributed by atoms with van der Waals surface area (Å²) in [6.07, 6.45) is 0. The second-order valence-corrected chi connectivity index (χ2v) is 4.71. The monoisotopic (exact) mass is 281 g/mol. The second kappa shape index (κ2) is 4.98. The van der Waals surface area contributed by atoms with Gasteiger partial charge in [0, 0.05) is 16.4 Å². The Balaban J connectivity index is 2.64. The van der Waals surface area contributed by atoms with Crippen molar-refractivity contribution in [2.45, 2.75) is 13.0 Å². The Hall–Kier alpha value is -0.0600. The van der Waals surface area contributed by atoms with Crippen molar-refractivity contribution in [1.82, 2.24) is 5.32 Å². The fourth-order valence-corrected chi connectivity index (χ4v) is 2.32. The minimum atomic E-state index is -0.0741. The Morgan fingerprint density at radius 2 is 2.54 bits per heavy atom. The van der Waals surface area contributed by atoms with Crippen molar-refractivity contribution < 1.29 is 4.79 Å². The molecule has 2 nitrogen and oxygen atoms in total. The number of amides is 1. The Bertz CT molecular complexity index is 302. The summed E-state index contributed by atoms with van der Waals surface area (Å²) in [7, 11) is 0. The molecule has 0 aliphatic rings. The Morgan fingerprint density at radius 1 is 1.85 bits per heavy atom. The van der Waals surface area contributed by atoms with Crippen molar-refractivity contribution in [3.05, 3.63) is 20.8 Å². The van der Waals surface area contributed by atoms with Crippen LogP contribution >= 0.6 is 38.9 Å². The third kappa shape index (κ3) is 2.97. The summed E-state index contributed by atoms with van der Waals surface area (Å²) in [5.41, 5.74) is 0. The minimum absolute atomic E-state index is 0.00293. The average Bonchev–Trinajstić information content (AvgIpc) is 2.51. The van der Waals surface area contributed by atoms with Crippen LogP contribution < -0.4 is 5.32 Å². The minimum Gasteiger partial charge on any atom is -0.348 e. The lowest BCUT2D eigenvalue weighted by Gasteiger charge is -2.09. The van der Waals surface area contributed by atoms with Crippen LogP contribution in [0.5, 0.6) is 0 Å². The Morgan fingerprint density at radius 3 is 3.00 bits per heavy atom. The van der Waals surface area contributed by atoms with Gasteiger partial charge in [0.15, 0.2) is 0 Å². The van der Waals surface area contributed by atoms with Gasteiger partial charge in [-0.3, -0.25) is 4.79 Å². The molecule has 0 aromatic carbocycles. The van der Waals surface area contributed by atoms with Crippen LogP contribution in [0.3, 0.4) is 0 Å². The van der Waals surface area contributed by atoms with Crippen molar-refractivity contribution in [3.63, 3.8) is 0 Å². The number of carbonyl (C=O) groups is 1. The highest BCUT2D eigenvalue weighted by Gasteiger charge is 2.12. The molecule has 0 saturated heterocycles. The number of rotatable bonds is 3. The van der Waals surface area contributed by atoms with Crippen LogP contribution in [0, 0.1) is 0 Å². The van der Waals surface area contributed by atoms with E-state index in [4.69, 9.17) is 11.6 Å². The van der Waals surface area contributed by atoms with Crippen molar-refractivity contribution in [2.75, 3.05) is 5.88 Å². The van der Waals surface area contributed by atoms with E-state index in [0.717, 1.165) is 4.47 Å². The first-order chi connectivity index (χ1) is 6.15. The summed E-state index contributed by atoms with van der Waals surface area (Å²) in [6.45, 7) is 1.87. The molecule has 0 fully saturated rings. The smallest absolute Gasteiger partial charge is 0.262 e. The van der Waals surface area contributed by atoms with E-state index in [1.165, 1.54) is 11.3 Å². The summed E-state index contributed by atoms with van der Waals surface area (Å²) in [5, 5.41) is 4.65. The molecule has 0 spiro atoms. The number of alkyl halides is 1. The predicted molar refractivity (Wildman–Crippen MR) is 59.7 cm³/mol.